The summed E-state index contributed by atoms with van der Waals surface area (Å²) in [5.41, 5.74) is 2.47. The number of pyridine rings is 1. The van der Waals surface area contributed by atoms with Crippen LogP contribution in [0.2, 0.25) is 0 Å². The van der Waals surface area contributed by atoms with Crippen LogP contribution in [0.4, 0.5) is 0 Å². The fourth-order valence-electron chi connectivity index (χ4n) is 3.93. The van der Waals surface area contributed by atoms with Crippen molar-refractivity contribution < 1.29 is 0 Å². The average Bonchev–Trinajstić information content (AvgIpc) is 3.37. The minimum Gasteiger partial charge on any atom is -0.299 e. The van der Waals surface area contributed by atoms with Gasteiger partial charge in [0, 0.05) is 34.3 Å². The number of thiophene rings is 1. The fourth-order valence-corrected chi connectivity index (χ4v) is 6.23. The maximum atomic E-state index is 4.65. The van der Waals surface area contributed by atoms with Crippen LogP contribution in [0.15, 0.2) is 41.0 Å². The molecule has 4 aromatic rings. The predicted octanol–water partition coefficient (Wildman–Crippen LogP) is 4.71. The van der Waals surface area contributed by atoms with Gasteiger partial charge in [0.05, 0.1) is 0 Å². The van der Waals surface area contributed by atoms with E-state index >= 15 is 0 Å². The summed E-state index contributed by atoms with van der Waals surface area (Å²) < 4.78 is 2.27. The molecule has 28 heavy (non-hydrogen) atoms. The Balaban J connectivity index is 1.46. The van der Waals surface area contributed by atoms with Crippen molar-refractivity contribution in [2.75, 3.05) is 0 Å². The number of hydrogen-bond acceptors (Lipinski definition) is 7. The molecule has 0 amide bonds. The number of nitrogens with zero attached hydrogens (tertiary/aromatic N) is 6. The van der Waals surface area contributed by atoms with E-state index in [9.17, 15) is 0 Å². The van der Waals surface area contributed by atoms with Gasteiger partial charge in [0.1, 0.15) is 16.2 Å². The number of hydrogen-bond donors (Lipinski definition) is 0. The second-order valence-electron chi connectivity index (χ2n) is 7.32. The van der Waals surface area contributed by atoms with E-state index in [1.54, 1.807) is 24.3 Å². The van der Waals surface area contributed by atoms with Gasteiger partial charge < -0.3 is 0 Å². The summed E-state index contributed by atoms with van der Waals surface area (Å²) in [6.45, 7) is 0. The maximum absolute atomic E-state index is 4.65. The summed E-state index contributed by atoms with van der Waals surface area (Å²) in [6, 6.07) is 4.46. The molecule has 0 atom stereocenters. The molecule has 8 heteroatoms. The highest BCUT2D eigenvalue weighted by Gasteiger charge is 2.31. The molecule has 0 unspecified atom stereocenters. The van der Waals surface area contributed by atoms with Gasteiger partial charge in [-0.3, -0.25) is 9.55 Å². The molecular formula is C20H18N6S2. The summed E-state index contributed by atoms with van der Waals surface area (Å²) >= 11 is 3.46. The van der Waals surface area contributed by atoms with Crippen molar-refractivity contribution in [3.05, 3.63) is 41.3 Å². The highest BCUT2D eigenvalue weighted by atomic mass is 32.2. The van der Waals surface area contributed by atoms with Gasteiger partial charge in [0.15, 0.2) is 11.0 Å². The highest BCUT2D eigenvalue weighted by Crippen LogP contribution is 2.44. The zero-order chi connectivity index (χ0) is 18.5. The van der Waals surface area contributed by atoms with E-state index in [0.29, 0.717) is 6.04 Å². The summed E-state index contributed by atoms with van der Waals surface area (Å²) in [5.74, 6) is 0.899. The first kappa shape index (κ1) is 16.6. The van der Waals surface area contributed by atoms with E-state index in [2.05, 4.69) is 29.7 Å². The summed E-state index contributed by atoms with van der Waals surface area (Å²) in [5, 5.41) is 12.2. The third-order valence-electron chi connectivity index (χ3n) is 5.40. The van der Waals surface area contributed by atoms with Gasteiger partial charge in [-0.15, -0.1) is 21.5 Å². The minimum absolute atomic E-state index is 0.474. The minimum atomic E-state index is 0.474. The summed E-state index contributed by atoms with van der Waals surface area (Å²) in [4.78, 5) is 16.0. The van der Waals surface area contributed by atoms with E-state index in [0.717, 1.165) is 32.8 Å². The fraction of sp³-hybridized carbons (Fsp3) is 0.350. The first-order valence-electron chi connectivity index (χ1n) is 9.67. The topological polar surface area (TPSA) is 69.4 Å². The lowest BCUT2D eigenvalue weighted by Gasteiger charge is -2.12. The van der Waals surface area contributed by atoms with Gasteiger partial charge in [-0.05, 0) is 68.0 Å². The number of fused-ring (bicyclic) bond motifs is 3. The molecule has 1 saturated carbocycles. The lowest BCUT2D eigenvalue weighted by molar-refractivity contribution is 0.668. The van der Waals surface area contributed by atoms with Crippen LogP contribution in [0, 0.1) is 0 Å². The van der Waals surface area contributed by atoms with Crippen molar-refractivity contribution in [2.45, 2.75) is 54.7 Å². The maximum Gasteiger partial charge on any atom is 0.198 e. The van der Waals surface area contributed by atoms with Gasteiger partial charge in [-0.25, -0.2) is 9.97 Å². The quantitative estimate of drug-likeness (QED) is 0.457. The Morgan fingerprint density at radius 1 is 1.11 bits per heavy atom. The Hall–Kier alpha value is -2.32. The van der Waals surface area contributed by atoms with E-state index in [4.69, 9.17) is 0 Å². The second kappa shape index (κ2) is 6.63. The predicted molar refractivity (Wildman–Crippen MR) is 110 cm³/mol. The van der Waals surface area contributed by atoms with Gasteiger partial charge in [0.25, 0.3) is 0 Å². The molecule has 0 saturated heterocycles. The molecule has 0 spiro atoms. The SMILES string of the molecule is c1cncc(-c2nnc(Sc3ncnc4sc5c(c34)CCCC5)n2C2CC2)c1. The van der Waals surface area contributed by atoms with Gasteiger partial charge in [-0.1, -0.05) is 0 Å². The zero-order valence-corrected chi connectivity index (χ0v) is 16.8. The van der Waals surface area contributed by atoms with Gasteiger partial charge >= 0.3 is 0 Å². The van der Waals surface area contributed by atoms with Crippen LogP contribution in [0.3, 0.4) is 0 Å². The molecule has 0 aromatic carbocycles. The molecule has 140 valence electrons. The molecule has 2 aliphatic carbocycles. The first-order chi connectivity index (χ1) is 13.9. The summed E-state index contributed by atoms with van der Waals surface area (Å²) in [7, 11) is 0. The van der Waals surface area contributed by atoms with Crippen LogP contribution >= 0.6 is 23.1 Å². The van der Waals surface area contributed by atoms with Crippen molar-refractivity contribution in [3.8, 4) is 11.4 Å². The van der Waals surface area contributed by atoms with Crippen LogP contribution < -0.4 is 0 Å². The molecule has 0 bridgehead atoms. The Morgan fingerprint density at radius 3 is 2.89 bits per heavy atom. The van der Waals surface area contributed by atoms with Gasteiger partial charge in [0.2, 0.25) is 0 Å². The standard InChI is InChI=1S/C20H18N6S2/c1-2-6-15-14(5-1)16-18(27-15)22-11-23-19(16)28-20-25-24-17(26(20)13-7-8-13)12-4-3-9-21-10-12/h3-4,9-11,13H,1-2,5-8H2. The van der Waals surface area contributed by atoms with Crippen LogP contribution in [0.25, 0.3) is 21.6 Å². The van der Waals surface area contributed by atoms with E-state index < -0.39 is 0 Å². The molecule has 0 N–H and O–H groups in total. The van der Waals surface area contributed by atoms with E-state index in [1.165, 1.54) is 47.9 Å². The van der Waals surface area contributed by atoms with Crippen molar-refractivity contribution in [2.24, 2.45) is 0 Å². The zero-order valence-electron chi connectivity index (χ0n) is 15.2. The van der Waals surface area contributed by atoms with Crippen LogP contribution in [0.5, 0.6) is 0 Å². The average molecular weight is 407 g/mol. The Morgan fingerprint density at radius 2 is 2.04 bits per heavy atom. The van der Waals surface area contributed by atoms with Crippen LogP contribution in [0.1, 0.15) is 42.2 Å². The molecule has 0 radical (unpaired) electrons. The number of rotatable bonds is 4. The van der Waals surface area contributed by atoms with Gasteiger partial charge in [-0.2, -0.15) is 0 Å². The van der Waals surface area contributed by atoms with Crippen molar-refractivity contribution in [1.29, 1.82) is 0 Å². The Labute approximate surface area is 170 Å². The smallest absolute Gasteiger partial charge is 0.198 e. The Kier molecular flexibility index (Phi) is 3.94. The van der Waals surface area contributed by atoms with E-state index in [1.807, 2.05) is 29.7 Å². The monoisotopic (exact) mass is 406 g/mol. The lowest BCUT2D eigenvalue weighted by atomic mass is 9.97. The van der Waals surface area contributed by atoms with E-state index in [-0.39, 0.29) is 0 Å². The number of aryl methyl sites for hydroxylation is 2. The molecular weight excluding hydrogens is 388 g/mol. The van der Waals surface area contributed by atoms with Crippen molar-refractivity contribution in [1.82, 2.24) is 29.7 Å². The lowest BCUT2D eigenvalue weighted by Crippen LogP contribution is -2.01. The van der Waals surface area contributed by atoms with Crippen LogP contribution in [-0.4, -0.2) is 29.7 Å². The third-order valence-corrected chi connectivity index (χ3v) is 7.56. The summed E-state index contributed by atoms with van der Waals surface area (Å²) in [6.07, 6.45) is 12.5. The molecule has 4 aromatic heterocycles. The molecule has 1 fully saturated rings. The van der Waals surface area contributed by atoms with Crippen molar-refractivity contribution >= 4 is 33.3 Å². The second-order valence-corrected chi connectivity index (χ2v) is 9.36. The molecule has 6 rings (SSSR count). The normalized spacial score (nSPS) is 16.4. The first-order valence-corrected chi connectivity index (χ1v) is 11.3. The molecule has 4 heterocycles. The molecule has 0 aliphatic heterocycles. The number of aromatic nitrogens is 6. The largest absolute Gasteiger partial charge is 0.299 e. The third kappa shape index (κ3) is 2.74. The highest BCUT2D eigenvalue weighted by molar-refractivity contribution is 7.99. The van der Waals surface area contributed by atoms with Crippen molar-refractivity contribution in [3.63, 3.8) is 0 Å². The van der Waals surface area contributed by atoms with Crippen LogP contribution in [-0.2, 0) is 12.8 Å². The molecule has 2 aliphatic rings. The Bertz CT molecular complexity index is 1160. The molecule has 6 nitrogen and oxygen atoms in total.